The third-order valence-electron chi connectivity index (χ3n) is 6.21. The molecule has 2 amide bonds. The number of ether oxygens (including phenoxy) is 1. The Morgan fingerprint density at radius 2 is 1.92 bits per heavy atom. The first kappa shape index (κ1) is 26.2. The Morgan fingerprint density at radius 1 is 1.14 bits per heavy atom. The zero-order valence-corrected chi connectivity index (χ0v) is 22.9. The van der Waals surface area contributed by atoms with Crippen LogP contribution in [0.1, 0.15) is 68.8 Å². The molecule has 190 valence electrons. The summed E-state index contributed by atoms with van der Waals surface area (Å²) in [7, 11) is 0. The predicted molar refractivity (Wildman–Crippen MR) is 146 cm³/mol. The minimum absolute atomic E-state index is 0.0435. The Balaban J connectivity index is 1.56. The van der Waals surface area contributed by atoms with E-state index < -0.39 is 17.5 Å². The number of benzene rings is 1. The zero-order chi connectivity index (χ0) is 26.0. The van der Waals surface area contributed by atoms with Gasteiger partial charge < -0.3 is 15.4 Å². The number of hydrogen-bond acceptors (Lipinski definition) is 5. The number of anilines is 1. The van der Waals surface area contributed by atoms with Gasteiger partial charge in [0.2, 0.25) is 0 Å². The minimum atomic E-state index is -0.565. The number of hydrogen-bond donors (Lipinski definition) is 2. The lowest BCUT2D eigenvalue weighted by molar-refractivity contribution is 0.0482. The van der Waals surface area contributed by atoms with Crippen LogP contribution in [0.3, 0.4) is 0 Å². The average Bonchev–Trinajstić information content (AvgIpc) is 2.78. The van der Waals surface area contributed by atoms with Crippen molar-refractivity contribution in [2.24, 2.45) is 5.92 Å². The average molecular weight is 604 g/mol. The van der Waals surface area contributed by atoms with E-state index in [-0.39, 0.29) is 17.9 Å². The van der Waals surface area contributed by atoms with Crippen molar-refractivity contribution in [3.05, 3.63) is 63.4 Å². The van der Waals surface area contributed by atoms with Gasteiger partial charge in [-0.05, 0) is 104 Å². The molecule has 1 aromatic carbocycles. The van der Waals surface area contributed by atoms with Crippen molar-refractivity contribution in [3.8, 4) is 0 Å². The van der Waals surface area contributed by atoms with Gasteiger partial charge in [-0.25, -0.2) is 9.18 Å². The van der Waals surface area contributed by atoms with Gasteiger partial charge in [-0.1, -0.05) is 6.92 Å². The molecule has 7 nitrogen and oxygen atoms in total. The second kappa shape index (κ2) is 10.7. The van der Waals surface area contributed by atoms with Gasteiger partial charge in [-0.3, -0.25) is 14.8 Å². The third-order valence-corrected chi connectivity index (χ3v) is 6.80. The van der Waals surface area contributed by atoms with Crippen LogP contribution >= 0.6 is 22.6 Å². The van der Waals surface area contributed by atoms with Crippen molar-refractivity contribution >= 4 is 51.2 Å². The molecule has 1 aliphatic rings. The van der Waals surface area contributed by atoms with E-state index in [9.17, 15) is 14.0 Å². The van der Waals surface area contributed by atoms with Crippen molar-refractivity contribution in [2.45, 2.75) is 64.5 Å². The summed E-state index contributed by atoms with van der Waals surface area (Å²) in [5.41, 5.74) is 1.59. The fraction of sp³-hybridized carbons (Fsp3) is 0.407. The quantitative estimate of drug-likeness (QED) is 0.336. The van der Waals surface area contributed by atoms with Crippen LogP contribution in [0.25, 0.3) is 10.9 Å². The summed E-state index contributed by atoms with van der Waals surface area (Å²) >= 11 is 2.07. The van der Waals surface area contributed by atoms with E-state index in [1.807, 2.05) is 26.8 Å². The van der Waals surface area contributed by atoms with Crippen molar-refractivity contribution < 1.29 is 18.7 Å². The molecule has 1 aliphatic carbocycles. The van der Waals surface area contributed by atoms with E-state index in [2.05, 4.69) is 50.1 Å². The predicted octanol–water partition coefficient (Wildman–Crippen LogP) is 6.42. The SMILES string of the molecule is C[C@@H]1C[C@H](NC(=O)OC(C)(C)C)C[C@H](c2ccncc2NC(=O)c2ccc(F)c3cc(I)cnc23)C1. The lowest BCUT2D eigenvalue weighted by atomic mass is 9.76. The van der Waals surface area contributed by atoms with Crippen LogP contribution in [0, 0.1) is 15.3 Å². The van der Waals surface area contributed by atoms with Gasteiger partial charge in [-0.15, -0.1) is 0 Å². The van der Waals surface area contributed by atoms with Crippen molar-refractivity contribution in [3.63, 3.8) is 0 Å². The number of carbonyl (C=O) groups excluding carboxylic acids is 2. The number of rotatable bonds is 4. The second-order valence-electron chi connectivity index (χ2n) is 10.4. The number of alkyl carbamates (subject to hydrolysis) is 1. The molecule has 0 spiro atoms. The van der Waals surface area contributed by atoms with Gasteiger partial charge in [0, 0.05) is 27.4 Å². The second-order valence-corrected chi connectivity index (χ2v) is 11.7. The Hall–Kier alpha value is -2.82. The highest BCUT2D eigenvalue weighted by Crippen LogP contribution is 2.39. The number of nitrogens with one attached hydrogen (secondary N) is 2. The smallest absolute Gasteiger partial charge is 0.407 e. The first-order chi connectivity index (χ1) is 17.0. The lowest BCUT2D eigenvalue weighted by Crippen LogP contribution is -2.42. The van der Waals surface area contributed by atoms with Gasteiger partial charge in [0.15, 0.2) is 0 Å². The first-order valence-corrected chi connectivity index (χ1v) is 13.1. The number of pyridine rings is 2. The summed E-state index contributed by atoms with van der Waals surface area (Å²) in [4.78, 5) is 34.2. The third kappa shape index (κ3) is 6.29. The molecule has 0 saturated heterocycles. The normalized spacial score (nSPS) is 20.1. The molecule has 2 N–H and O–H groups in total. The summed E-state index contributed by atoms with van der Waals surface area (Å²) in [6.45, 7) is 7.68. The molecule has 0 unspecified atom stereocenters. The van der Waals surface area contributed by atoms with E-state index in [0.717, 1.165) is 28.4 Å². The fourth-order valence-corrected chi connectivity index (χ4v) is 5.30. The monoisotopic (exact) mass is 604 g/mol. The summed E-state index contributed by atoms with van der Waals surface area (Å²) in [6.07, 6.45) is 7.01. The van der Waals surface area contributed by atoms with E-state index in [1.54, 1.807) is 24.7 Å². The van der Waals surface area contributed by atoms with Crippen LogP contribution in [-0.4, -0.2) is 33.6 Å². The highest BCUT2D eigenvalue weighted by molar-refractivity contribution is 14.1. The Kier molecular flexibility index (Phi) is 7.77. The standard InChI is InChI=1S/C27H30FIN4O3/c1-15-9-16(11-18(10-15)32-26(35)36-27(2,3)4)19-7-8-30-14-23(19)33-25(34)20-5-6-22(28)21-12-17(29)13-31-24(20)21/h5-8,12-16,18H,9-11H2,1-4H3,(H,32,35)(H,33,34)/t15-,16+,18-/m0/s1. The van der Waals surface area contributed by atoms with Gasteiger partial charge in [-0.2, -0.15) is 0 Å². The molecule has 0 radical (unpaired) electrons. The molecule has 1 saturated carbocycles. The van der Waals surface area contributed by atoms with Crippen molar-refractivity contribution in [1.29, 1.82) is 0 Å². The molecule has 2 aromatic heterocycles. The minimum Gasteiger partial charge on any atom is -0.444 e. The number of halogens is 2. The number of aromatic nitrogens is 2. The van der Waals surface area contributed by atoms with Gasteiger partial charge in [0.05, 0.1) is 23.0 Å². The molecular formula is C27H30FIN4O3. The summed E-state index contributed by atoms with van der Waals surface area (Å²) < 4.78 is 20.6. The molecule has 36 heavy (non-hydrogen) atoms. The highest BCUT2D eigenvalue weighted by atomic mass is 127. The van der Waals surface area contributed by atoms with Crippen LogP contribution in [-0.2, 0) is 4.74 Å². The molecule has 0 aliphatic heterocycles. The molecule has 9 heteroatoms. The fourth-order valence-electron chi connectivity index (χ4n) is 4.85. The molecule has 1 fully saturated rings. The maximum atomic E-state index is 14.4. The highest BCUT2D eigenvalue weighted by Gasteiger charge is 2.31. The lowest BCUT2D eigenvalue weighted by Gasteiger charge is -2.35. The van der Waals surface area contributed by atoms with E-state index in [0.29, 0.717) is 28.1 Å². The Labute approximate surface area is 223 Å². The van der Waals surface area contributed by atoms with E-state index in [1.165, 1.54) is 12.1 Å². The van der Waals surface area contributed by atoms with Crippen LogP contribution in [0.2, 0.25) is 0 Å². The summed E-state index contributed by atoms with van der Waals surface area (Å²) in [6, 6.07) is 6.28. The molecule has 3 aromatic rings. The molecular weight excluding hydrogens is 574 g/mol. The number of fused-ring (bicyclic) bond motifs is 1. The van der Waals surface area contributed by atoms with Crippen LogP contribution in [0.15, 0.2) is 42.9 Å². The van der Waals surface area contributed by atoms with E-state index in [4.69, 9.17) is 4.74 Å². The topological polar surface area (TPSA) is 93.2 Å². The Morgan fingerprint density at radius 3 is 2.67 bits per heavy atom. The van der Waals surface area contributed by atoms with Gasteiger partial charge in [0.25, 0.3) is 5.91 Å². The van der Waals surface area contributed by atoms with Crippen LogP contribution in [0.4, 0.5) is 14.9 Å². The largest absolute Gasteiger partial charge is 0.444 e. The summed E-state index contributed by atoms with van der Waals surface area (Å²) in [5, 5.41) is 6.29. The van der Waals surface area contributed by atoms with Gasteiger partial charge >= 0.3 is 6.09 Å². The Bertz CT molecular complexity index is 1290. The molecule has 3 atom stereocenters. The van der Waals surface area contributed by atoms with Crippen molar-refractivity contribution in [1.82, 2.24) is 15.3 Å². The summed E-state index contributed by atoms with van der Waals surface area (Å²) in [5.74, 6) is -0.325. The van der Waals surface area contributed by atoms with Crippen molar-refractivity contribution in [2.75, 3.05) is 5.32 Å². The molecule has 0 bridgehead atoms. The number of carbonyl (C=O) groups is 2. The van der Waals surface area contributed by atoms with Crippen LogP contribution in [0.5, 0.6) is 0 Å². The maximum Gasteiger partial charge on any atom is 0.407 e. The van der Waals surface area contributed by atoms with Gasteiger partial charge in [0.1, 0.15) is 11.4 Å². The van der Waals surface area contributed by atoms with Crippen LogP contribution < -0.4 is 10.6 Å². The molecule has 2 heterocycles. The molecule has 4 rings (SSSR count). The first-order valence-electron chi connectivity index (χ1n) is 12.0. The number of nitrogens with zero attached hydrogens (tertiary/aromatic N) is 2. The van der Waals surface area contributed by atoms with E-state index >= 15 is 0 Å². The number of amides is 2. The maximum absolute atomic E-state index is 14.4. The zero-order valence-electron chi connectivity index (χ0n) is 20.8.